The highest BCUT2D eigenvalue weighted by Gasteiger charge is 2.31. The number of nitrogens with zero attached hydrogens (tertiary/aromatic N) is 2. The molecule has 1 amide bonds. The minimum absolute atomic E-state index is 0.0553. The fourth-order valence-corrected chi connectivity index (χ4v) is 3.37. The van der Waals surface area contributed by atoms with Gasteiger partial charge in [-0.1, -0.05) is 26.0 Å². The number of fused-ring (bicyclic) bond motifs is 1. The van der Waals surface area contributed by atoms with Gasteiger partial charge in [0.25, 0.3) is 10.0 Å². The van der Waals surface area contributed by atoms with Gasteiger partial charge in [0.15, 0.2) is 5.84 Å². The molecule has 7 heteroatoms. The summed E-state index contributed by atoms with van der Waals surface area (Å²) in [4.78, 5) is 13.8. The van der Waals surface area contributed by atoms with Gasteiger partial charge in [-0.05, 0) is 25.0 Å². The van der Waals surface area contributed by atoms with Crippen molar-refractivity contribution < 1.29 is 13.2 Å². The zero-order valence-corrected chi connectivity index (χ0v) is 14.0. The Bertz CT molecular complexity index is 710. The number of amidine groups is 1. The summed E-state index contributed by atoms with van der Waals surface area (Å²) in [5.74, 6) is 0.482. The van der Waals surface area contributed by atoms with Crippen LogP contribution in [0.3, 0.4) is 0 Å². The average Bonchev–Trinajstić information content (AvgIpc) is 2.71. The summed E-state index contributed by atoms with van der Waals surface area (Å²) in [6, 6.07) is 6.69. The summed E-state index contributed by atoms with van der Waals surface area (Å²) >= 11 is 0. The molecule has 0 aromatic heterocycles. The second kappa shape index (κ2) is 6.08. The standard InChI is InChI=1S/C15H21N3O3S/c1-10(2)11(3)16-14(19)9-18(4)15-12-7-5-6-8-13(12)22(20,21)17-15/h5-8,10-11H,9H2,1-4H3,(H,16,19). The van der Waals surface area contributed by atoms with E-state index in [-0.39, 0.29) is 23.4 Å². The fraction of sp³-hybridized carbons (Fsp3) is 0.467. The molecule has 2 rings (SSSR count). The van der Waals surface area contributed by atoms with E-state index in [1.165, 1.54) is 6.07 Å². The number of hydrogen-bond acceptors (Lipinski definition) is 4. The highest BCUT2D eigenvalue weighted by atomic mass is 32.2. The van der Waals surface area contributed by atoms with Gasteiger partial charge in [0.1, 0.15) is 4.90 Å². The second-order valence-corrected chi connectivity index (χ2v) is 7.41. The number of carbonyl (C=O) groups excluding carboxylic acids is 1. The van der Waals surface area contributed by atoms with Gasteiger partial charge >= 0.3 is 0 Å². The normalized spacial score (nSPS) is 16.9. The van der Waals surface area contributed by atoms with Crippen molar-refractivity contribution in [1.29, 1.82) is 0 Å². The Kier molecular flexibility index (Phi) is 4.55. The molecule has 0 spiro atoms. The zero-order valence-electron chi connectivity index (χ0n) is 13.2. The van der Waals surface area contributed by atoms with Crippen molar-refractivity contribution in [1.82, 2.24) is 10.2 Å². The molecule has 1 heterocycles. The number of hydrogen-bond donors (Lipinski definition) is 1. The Labute approximate surface area is 131 Å². The molecule has 1 aliphatic rings. The number of nitrogens with one attached hydrogen (secondary N) is 1. The summed E-state index contributed by atoms with van der Waals surface area (Å²) in [6.45, 7) is 6.05. The van der Waals surface area contributed by atoms with E-state index in [4.69, 9.17) is 0 Å². The van der Waals surface area contributed by atoms with Crippen LogP contribution in [0.4, 0.5) is 0 Å². The number of amides is 1. The summed E-state index contributed by atoms with van der Waals surface area (Å²) in [6.07, 6.45) is 0. The molecule has 120 valence electrons. The van der Waals surface area contributed by atoms with E-state index in [1.807, 2.05) is 20.8 Å². The smallest absolute Gasteiger partial charge is 0.285 e. The molecule has 1 aliphatic heterocycles. The van der Waals surface area contributed by atoms with E-state index in [0.29, 0.717) is 17.3 Å². The first kappa shape index (κ1) is 16.5. The van der Waals surface area contributed by atoms with Gasteiger partial charge < -0.3 is 10.2 Å². The lowest BCUT2D eigenvalue weighted by atomic mass is 10.1. The third-order valence-corrected chi connectivity index (χ3v) is 5.07. The quantitative estimate of drug-likeness (QED) is 0.904. The molecule has 0 saturated heterocycles. The minimum atomic E-state index is -3.66. The van der Waals surface area contributed by atoms with E-state index in [9.17, 15) is 13.2 Å². The number of carbonyl (C=O) groups is 1. The lowest BCUT2D eigenvalue weighted by Gasteiger charge is -2.22. The van der Waals surface area contributed by atoms with Crippen LogP contribution < -0.4 is 5.32 Å². The lowest BCUT2D eigenvalue weighted by Crippen LogP contribution is -2.43. The summed E-state index contributed by atoms with van der Waals surface area (Å²) in [7, 11) is -1.99. The molecule has 0 radical (unpaired) electrons. The maximum atomic E-state index is 12.0. The number of likely N-dealkylation sites (N-methyl/N-ethyl adjacent to an activating group) is 1. The van der Waals surface area contributed by atoms with Crippen LogP contribution in [0.25, 0.3) is 0 Å². The van der Waals surface area contributed by atoms with Gasteiger partial charge in [-0.15, -0.1) is 4.40 Å². The Balaban J connectivity index is 2.15. The molecule has 1 aromatic rings. The van der Waals surface area contributed by atoms with E-state index in [2.05, 4.69) is 9.71 Å². The highest BCUT2D eigenvalue weighted by molar-refractivity contribution is 7.90. The first-order valence-electron chi connectivity index (χ1n) is 7.17. The van der Waals surface area contributed by atoms with E-state index < -0.39 is 10.0 Å². The largest absolute Gasteiger partial charge is 0.352 e. The van der Waals surface area contributed by atoms with Crippen LogP contribution >= 0.6 is 0 Å². The first-order chi connectivity index (χ1) is 10.2. The first-order valence-corrected chi connectivity index (χ1v) is 8.61. The Morgan fingerprint density at radius 1 is 1.27 bits per heavy atom. The van der Waals surface area contributed by atoms with Crippen molar-refractivity contribution in [3.05, 3.63) is 29.8 Å². The molecule has 1 aromatic carbocycles. The topological polar surface area (TPSA) is 78.8 Å². The molecule has 0 bridgehead atoms. The molecule has 0 saturated carbocycles. The minimum Gasteiger partial charge on any atom is -0.352 e. The van der Waals surface area contributed by atoms with Crippen molar-refractivity contribution in [3.8, 4) is 0 Å². The average molecular weight is 323 g/mol. The van der Waals surface area contributed by atoms with E-state index in [0.717, 1.165) is 0 Å². The van der Waals surface area contributed by atoms with Crippen LogP contribution in [-0.4, -0.2) is 44.7 Å². The highest BCUT2D eigenvalue weighted by Crippen LogP contribution is 2.26. The van der Waals surface area contributed by atoms with Gasteiger partial charge in [0.05, 0.1) is 6.54 Å². The number of benzene rings is 1. The summed E-state index contributed by atoms with van der Waals surface area (Å²) in [5, 5.41) is 2.89. The maximum absolute atomic E-state index is 12.0. The Morgan fingerprint density at radius 3 is 2.55 bits per heavy atom. The Hall–Kier alpha value is -1.89. The molecule has 6 nitrogen and oxygen atoms in total. The molecule has 0 aliphatic carbocycles. The second-order valence-electron chi connectivity index (χ2n) is 5.84. The molecule has 1 atom stereocenters. The molecular weight excluding hydrogens is 302 g/mol. The predicted octanol–water partition coefficient (Wildman–Crippen LogP) is 1.23. The third kappa shape index (κ3) is 3.30. The van der Waals surface area contributed by atoms with Gasteiger partial charge in [-0.3, -0.25) is 4.79 Å². The predicted molar refractivity (Wildman–Crippen MR) is 85.2 cm³/mol. The fourth-order valence-electron chi connectivity index (χ4n) is 2.12. The third-order valence-electron chi connectivity index (χ3n) is 3.74. The number of sulfonamides is 1. The van der Waals surface area contributed by atoms with Crippen LogP contribution in [0.5, 0.6) is 0 Å². The van der Waals surface area contributed by atoms with Crippen molar-refractivity contribution in [3.63, 3.8) is 0 Å². The van der Waals surface area contributed by atoms with Crippen molar-refractivity contribution in [2.75, 3.05) is 13.6 Å². The van der Waals surface area contributed by atoms with Crippen molar-refractivity contribution in [2.24, 2.45) is 10.3 Å². The SMILES string of the molecule is CC(C)C(C)NC(=O)CN(C)C1=NS(=O)(=O)c2ccccc21. The maximum Gasteiger partial charge on any atom is 0.285 e. The van der Waals surface area contributed by atoms with Crippen molar-refractivity contribution >= 4 is 21.8 Å². The zero-order chi connectivity index (χ0) is 16.5. The number of rotatable bonds is 4. The van der Waals surface area contributed by atoms with Gasteiger partial charge in [0.2, 0.25) is 5.91 Å². The molecule has 1 N–H and O–H groups in total. The van der Waals surface area contributed by atoms with Crippen LogP contribution in [0.2, 0.25) is 0 Å². The summed E-state index contributed by atoms with van der Waals surface area (Å²) < 4.78 is 27.8. The molecular formula is C15H21N3O3S. The van der Waals surface area contributed by atoms with Crippen molar-refractivity contribution in [2.45, 2.75) is 31.7 Å². The van der Waals surface area contributed by atoms with E-state index in [1.54, 1.807) is 30.1 Å². The summed E-state index contributed by atoms with van der Waals surface area (Å²) in [5.41, 5.74) is 0.537. The van der Waals surface area contributed by atoms with E-state index >= 15 is 0 Å². The van der Waals surface area contributed by atoms with Gasteiger partial charge in [-0.2, -0.15) is 8.42 Å². The Morgan fingerprint density at radius 2 is 1.91 bits per heavy atom. The van der Waals surface area contributed by atoms with Crippen LogP contribution in [0, 0.1) is 5.92 Å². The monoisotopic (exact) mass is 323 g/mol. The lowest BCUT2D eigenvalue weighted by molar-refractivity contribution is -0.122. The van der Waals surface area contributed by atoms with Gasteiger partial charge in [-0.25, -0.2) is 0 Å². The molecule has 0 fully saturated rings. The van der Waals surface area contributed by atoms with Crippen LogP contribution in [-0.2, 0) is 14.8 Å². The molecule has 1 unspecified atom stereocenters. The molecule has 22 heavy (non-hydrogen) atoms. The van der Waals surface area contributed by atoms with Crippen LogP contribution in [0.15, 0.2) is 33.6 Å². The van der Waals surface area contributed by atoms with Gasteiger partial charge in [0, 0.05) is 18.7 Å². The van der Waals surface area contributed by atoms with Crippen LogP contribution in [0.1, 0.15) is 26.3 Å².